The molecule has 0 aliphatic carbocycles. The molecule has 2 aromatic carbocycles. The highest BCUT2D eigenvalue weighted by atomic mass is 79.9. The van der Waals surface area contributed by atoms with Crippen LogP contribution in [-0.4, -0.2) is 28.6 Å². The van der Waals surface area contributed by atoms with Gasteiger partial charge in [-0.05, 0) is 52.3 Å². The van der Waals surface area contributed by atoms with Gasteiger partial charge in [-0.15, -0.1) is 11.8 Å². The molecule has 0 aliphatic rings. The summed E-state index contributed by atoms with van der Waals surface area (Å²) in [5, 5.41) is 14.0. The van der Waals surface area contributed by atoms with E-state index in [4.69, 9.17) is 5.11 Å². The Kier molecular flexibility index (Phi) is 7.68. The number of nitrogens with one attached hydrogen (secondary N) is 2. The summed E-state index contributed by atoms with van der Waals surface area (Å²) in [5.41, 5.74) is 1.31. The van der Waals surface area contributed by atoms with E-state index in [9.17, 15) is 14.4 Å². The fourth-order valence-corrected chi connectivity index (χ4v) is 3.06. The van der Waals surface area contributed by atoms with Crippen molar-refractivity contribution in [2.75, 3.05) is 16.4 Å². The third kappa shape index (κ3) is 6.89. The van der Waals surface area contributed by atoms with Gasteiger partial charge < -0.3 is 15.7 Å². The van der Waals surface area contributed by atoms with Crippen molar-refractivity contribution in [2.24, 2.45) is 0 Å². The fourth-order valence-electron chi connectivity index (χ4n) is 1.98. The first kappa shape index (κ1) is 20.0. The Labute approximate surface area is 163 Å². The molecule has 0 unspecified atom stereocenters. The van der Waals surface area contributed by atoms with Gasteiger partial charge in [0, 0.05) is 21.5 Å². The van der Waals surface area contributed by atoms with Gasteiger partial charge in [0.15, 0.2) is 0 Å². The number of aliphatic carboxylic acids is 1. The first-order valence-electron chi connectivity index (χ1n) is 7.73. The Morgan fingerprint density at radius 3 is 2.27 bits per heavy atom. The zero-order valence-corrected chi connectivity index (χ0v) is 16.1. The lowest BCUT2D eigenvalue weighted by Crippen LogP contribution is -2.14. The lowest BCUT2D eigenvalue weighted by Gasteiger charge is -2.08. The molecule has 136 valence electrons. The highest BCUT2D eigenvalue weighted by Gasteiger charge is 2.08. The number of hydrogen-bond donors (Lipinski definition) is 3. The van der Waals surface area contributed by atoms with Crippen LogP contribution >= 0.6 is 27.7 Å². The van der Waals surface area contributed by atoms with E-state index >= 15 is 0 Å². The van der Waals surface area contributed by atoms with Gasteiger partial charge in [-0.3, -0.25) is 14.4 Å². The number of carbonyl (C=O) groups is 3. The molecule has 0 radical (unpaired) electrons. The molecule has 3 N–H and O–H groups in total. The molecule has 0 fully saturated rings. The Balaban J connectivity index is 1.80. The summed E-state index contributed by atoms with van der Waals surface area (Å²) in [6.07, 6.45) is -0.270. The highest BCUT2D eigenvalue weighted by molar-refractivity contribution is 9.10. The molecular formula is C18H17BrN2O4S. The maximum atomic E-state index is 12.0. The SMILES string of the molecule is O=C(O)CCC(=O)Nc1ccc(SCC(=O)Nc2ccccc2Br)cc1. The lowest BCUT2D eigenvalue weighted by molar-refractivity contribution is -0.138. The summed E-state index contributed by atoms with van der Waals surface area (Å²) in [5.74, 6) is -1.22. The van der Waals surface area contributed by atoms with E-state index in [1.807, 2.05) is 24.3 Å². The number of amides is 2. The van der Waals surface area contributed by atoms with E-state index < -0.39 is 5.97 Å². The van der Waals surface area contributed by atoms with Crippen LogP contribution in [0.4, 0.5) is 11.4 Å². The topological polar surface area (TPSA) is 95.5 Å². The third-order valence-electron chi connectivity index (χ3n) is 3.22. The van der Waals surface area contributed by atoms with Gasteiger partial charge >= 0.3 is 5.97 Å². The Hall–Kier alpha value is -2.32. The summed E-state index contributed by atoms with van der Waals surface area (Å²) in [4.78, 5) is 34.9. The minimum absolute atomic E-state index is 0.0684. The van der Waals surface area contributed by atoms with Gasteiger partial charge in [0.05, 0.1) is 17.9 Å². The van der Waals surface area contributed by atoms with Crippen LogP contribution in [0.2, 0.25) is 0 Å². The number of carboxylic acids is 1. The van der Waals surface area contributed by atoms with Gasteiger partial charge in [0.1, 0.15) is 0 Å². The van der Waals surface area contributed by atoms with Crippen LogP contribution in [0.25, 0.3) is 0 Å². The van der Waals surface area contributed by atoms with Crippen LogP contribution in [0, 0.1) is 0 Å². The number of halogens is 1. The van der Waals surface area contributed by atoms with Crippen LogP contribution in [0.3, 0.4) is 0 Å². The quantitative estimate of drug-likeness (QED) is 0.543. The van der Waals surface area contributed by atoms with Gasteiger partial charge in [0.25, 0.3) is 0 Å². The number of carboxylic acid groups (broad SMARTS) is 1. The number of anilines is 2. The smallest absolute Gasteiger partial charge is 0.303 e. The summed E-state index contributed by atoms with van der Waals surface area (Å²) < 4.78 is 0.821. The summed E-state index contributed by atoms with van der Waals surface area (Å²) >= 11 is 4.76. The zero-order chi connectivity index (χ0) is 18.9. The second-order valence-electron chi connectivity index (χ2n) is 5.28. The third-order valence-corrected chi connectivity index (χ3v) is 4.93. The van der Waals surface area contributed by atoms with Crippen LogP contribution in [0.1, 0.15) is 12.8 Å². The summed E-state index contributed by atoms with van der Waals surface area (Å²) in [7, 11) is 0. The Morgan fingerprint density at radius 2 is 1.62 bits per heavy atom. The molecule has 2 aromatic rings. The van der Waals surface area contributed by atoms with E-state index in [0.29, 0.717) is 5.69 Å². The number of hydrogen-bond acceptors (Lipinski definition) is 4. The maximum Gasteiger partial charge on any atom is 0.303 e. The van der Waals surface area contributed by atoms with Crippen molar-refractivity contribution in [3.8, 4) is 0 Å². The van der Waals surface area contributed by atoms with E-state index in [-0.39, 0.29) is 30.4 Å². The van der Waals surface area contributed by atoms with E-state index in [2.05, 4.69) is 26.6 Å². The van der Waals surface area contributed by atoms with Crippen LogP contribution in [0.5, 0.6) is 0 Å². The maximum absolute atomic E-state index is 12.0. The molecule has 2 amide bonds. The van der Waals surface area contributed by atoms with E-state index in [0.717, 1.165) is 15.1 Å². The molecule has 26 heavy (non-hydrogen) atoms. The van der Waals surface area contributed by atoms with Crippen molar-refractivity contribution >= 4 is 56.9 Å². The number of thioether (sulfide) groups is 1. The van der Waals surface area contributed by atoms with Gasteiger partial charge in [0.2, 0.25) is 11.8 Å². The normalized spacial score (nSPS) is 10.2. The van der Waals surface area contributed by atoms with Crippen molar-refractivity contribution in [3.63, 3.8) is 0 Å². The zero-order valence-electron chi connectivity index (χ0n) is 13.7. The predicted molar refractivity (Wildman–Crippen MR) is 105 cm³/mol. The second kappa shape index (κ2) is 9.98. The van der Waals surface area contributed by atoms with Crippen LogP contribution < -0.4 is 10.6 Å². The minimum Gasteiger partial charge on any atom is -0.481 e. The van der Waals surface area contributed by atoms with E-state index in [1.54, 1.807) is 24.3 Å². The molecule has 0 heterocycles. The van der Waals surface area contributed by atoms with Gasteiger partial charge in [-0.1, -0.05) is 12.1 Å². The molecule has 8 heteroatoms. The second-order valence-corrected chi connectivity index (χ2v) is 7.19. The fraction of sp³-hybridized carbons (Fsp3) is 0.167. The molecule has 6 nitrogen and oxygen atoms in total. The molecule has 0 spiro atoms. The monoisotopic (exact) mass is 436 g/mol. The highest BCUT2D eigenvalue weighted by Crippen LogP contribution is 2.23. The predicted octanol–water partition coefficient (Wildman–Crippen LogP) is 3.98. The summed E-state index contributed by atoms with van der Waals surface area (Å²) in [6, 6.07) is 14.4. The average molecular weight is 437 g/mol. The van der Waals surface area contributed by atoms with Crippen molar-refractivity contribution in [1.82, 2.24) is 0 Å². The van der Waals surface area contributed by atoms with Crippen molar-refractivity contribution in [2.45, 2.75) is 17.7 Å². The molecule has 2 rings (SSSR count). The molecule has 0 aliphatic heterocycles. The van der Waals surface area contributed by atoms with Gasteiger partial charge in [-0.2, -0.15) is 0 Å². The largest absolute Gasteiger partial charge is 0.481 e. The standard InChI is InChI=1S/C18H17BrN2O4S/c19-14-3-1-2-4-15(14)21-17(23)11-26-13-7-5-12(6-8-13)20-16(22)9-10-18(24)25/h1-8H,9-11H2,(H,20,22)(H,21,23)(H,24,25). The van der Waals surface area contributed by atoms with Gasteiger partial charge in [-0.25, -0.2) is 0 Å². The van der Waals surface area contributed by atoms with E-state index in [1.165, 1.54) is 11.8 Å². The van der Waals surface area contributed by atoms with Crippen molar-refractivity contribution in [3.05, 3.63) is 53.0 Å². The molecule has 0 saturated carbocycles. The number of para-hydroxylation sites is 1. The van der Waals surface area contributed by atoms with Crippen LogP contribution in [0.15, 0.2) is 57.9 Å². The first-order valence-corrected chi connectivity index (χ1v) is 9.51. The summed E-state index contributed by atoms with van der Waals surface area (Å²) in [6.45, 7) is 0. The number of benzene rings is 2. The molecule has 0 atom stereocenters. The number of rotatable bonds is 8. The van der Waals surface area contributed by atoms with Crippen molar-refractivity contribution in [1.29, 1.82) is 0 Å². The number of carbonyl (C=O) groups excluding carboxylic acids is 2. The van der Waals surface area contributed by atoms with Crippen molar-refractivity contribution < 1.29 is 19.5 Å². The minimum atomic E-state index is -1.01. The van der Waals surface area contributed by atoms with Crippen LogP contribution in [-0.2, 0) is 14.4 Å². The first-order chi connectivity index (χ1) is 12.4. The molecule has 0 saturated heterocycles. The lowest BCUT2D eigenvalue weighted by atomic mass is 10.2. The Morgan fingerprint density at radius 1 is 0.923 bits per heavy atom. The molecule has 0 bridgehead atoms. The molecule has 0 aromatic heterocycles. The molecular weight excluding hydrogens is 420 g/mol. The average Bonchev–Trinajstić information content (AvgIpc) is 2.61. The Bertz CT molecular complexity index is 796.